The molecule has 34 heavy (non-hydrogen) atoms. The SMILES string of the molecule is CN(Cc1ccccc1)c1ccc2c(n1)OCCNC2.O=C(O)C(F)(F)F.O=C(O)C(F)(F)F. The first-order valence-electron chi connectivity index (χ1n) is 9.40. The highest BCUT2D eigenvalue weighted by Crippen LogP contribution is 2.22. The van der Waals surface area contributed by atoms with Gasteiger partial charge in [-0.1, -0.05) is 30.3 Å². The molecule has 0 amide bonds. The van der Waals surface area contributed by atoms with Crippen molar-refractivity contribution in [2.24, 2.45) is 0 Å². The molecule has 188 valence electrons. The molecular weight excluding hydrogens is 476 g/mol. The minimum atomic E-state index is -5.08. The lowest BCUT2D eigenvalue weighted by molar-refractivity contribution is -0.193. The minimum Gasteiger partial charge on any atom is -0.476 e. The number of alkyl halides is 6. The van der Waals surface area contributed by atoms with Crippen molar-refractivity contribution < 1.29 is 50.9 Å². The van der Waals surface area contributed by atoms with Crippen molar-refractivity contribution in [2.75, 3.05) is 25.1 Å². The smallest absolute Gasteiger partial charge is 0.476 e. The summed E-state index contributed by atoms with van der Waals surface area (Å²) in [4.78, 5) is 24.6. The van der Waals surface area contributed by atoms with E-state index in [0.717, 1.165) is 36.9 Å². The Balaban J connectivity index is 0.000000343. The van der Waals surface area contributed by atoms with Crippen LogP contribution in [0.25, 0.3) is 0 Å². The van der Waals surface area contributed by atoms with Crippen LogP contribution in [0, 0.1) is 0 Å². The number of pyridine rings is 1. The lowest BCUT2D eigenvalue weighted by Crippen LogP contribution is -2.21. The zero-order chi connectivity index (χ0) is 25.9. The molecular formula is C20H21F6N3O5. The van der Waals surface area contributed by atoms with Crippen LogP contribution in [0.3, 0.4) is 0 Å². The van der Waals surface area contributed by atoms with Crippen LogP contribution >= 0.6 is 0 Å². The predicted molar refractivity (Wildman–Crippen MR) is 107 cm³/mol. The number of anilines is 1. The van der Waals surface area contributed by atoms with Crippen LogP contribution in [0.4, 0.5) is 32.2 Å². The standard InChI is InChI=1S/C16H19N3O.2C2HF3O2/c1-19(12-13-5-3-2-4-6-13)15-8-7-14-11-17-9-10-20-16(14)18-15;2*3-2(4,5)1(6)7/h2-8,17H,9-12H2,1H3;2*(H,6,7). The van der Waals surface area contributed by atoms with Gasteiger partial charge in [-0.2, -0.15) is 31.3 Å². The van der Waals surface area contributed by atoms with Gasteiger partial charge in [-0.05, 0) is 17.7 Å². The maximum atomic E-state index is 10.6. The monoisotopic (exact) mass is 497 g/mol. The molecule has 8 nitrogen and oxygen atoms in total. The lowest BCUT2D eigenvalue weighted by Gasteiger charge is -2.19. The van der Waals surface area contributed by atoms with Crippen molar-refractivity contribution in [1.29, 1.82) is 0 Å². The zero-order valence-electron chi connectivity index (χ0n) is 17.7. The molecule has 3 rings (SSSR count). The number of ether oxygens (including phenoxy) is 1. The Bertz CT molecular complexity index is 915. The van der Waals surface area contributed by atoms with E-state index < -0.39 is 24.3 Å². The summed E-state index contributed by atoms with van der Waals surface area (Å²) in [6, 6.07) is 14.5. The topological polar surface area (TPSA) is 112 Å². The number of carboxylic acids is 2. The fourth-order valence-electron chi connectivity index (χ4n) is 2.31. The Kier molecular flexibility index (Phi) is 10.6. The Labute approximate surface area is 189 Å². The number of carboxylic acid groups (broad SMARTS) is 2. The van der Waals surface area contributed by atoms with Crippen LogP contribution < -0.4 is 15.0 Å². The number of hydrogen-bond acceptors (Lipinski definition) is 6. The van der Waals surface area contributed by atoms with Crippen LogP contribution in [0.15, 0.2) is 42.5 Å². The number of aliphatic carboxylic acids is 2. The van der Waals surface area contributed by atoms with E-state index >= 15 is 0 Å². The number of halogens is 6. The van der Waals surface area contributed by atoms with Gasteiger partial charge < -0.3 is 25.2 Å². The Morgan fingerprint density at radius 1 is 1.00 bits per heavy atom. The number of aromatic nitrogens is 1. The molecule has 3 N–H and O–H groups in total. The number of nitrogens with zero attached hydrogens (tertiary/aromatic N) is 2. The van der Waals surface area contributed by atoms with Gasteiger partial charge in [0.15, 0.2) is 0 Å². The number of fused-ring (bicyclic) bond motifs is 1. The van der Waals surface area contributed by atoms with Crippen molar-refractivity contribution in [3.8, 4) is 5.88 Å². The molecule has 0 aliphatic carbocycles. The second-order valence-corrected chi connectivity index (χ2v) is 6.61. The summed E-state index contributed by atoms with van der Waals surface area (Å²) in [5.41, 5.74) is 2.40. The average molecular weight is 497 g/mol. The van der Waals surface area contributed by atoms with Crippen LogP contribution in [-0.4, -0.2) is 59.7 Å². The molecule has 1 aliphatic heterocycles. The summed E-state index contributed by atoms with van der Waals surface area (Å²) < 4.78 is 69.2. The van der Waals surface area contributed by atoms with Gasteiger partial charge in [-0.3, -0.25) is 0 Å². The summed E-state index contributed by atoms with van der Waals surface area (Å²) >= 11 is 0. The summed E-state index contributed by atoms with van der Waals surface area (Å²) in [5, 5.41) is 17.6. The van der Waals surface area contributed by atoms with Crippen molar-refractivity contribution in [3.05, 3.63) is 53.6 Å². The first-order valence-corrected chi connectivity index (χ1v) is 9.40. The van der Waals surface area contributed by atoms with Gasteiger partial charge in [0.1, 0.15) is 12.4 Å². The third-order valence-electron chi connectivity index (χ3n) is 3.90. The highest BCUT2D eigenvalue weighted by molar-refractivity contribution is 5.73. The second kappa shape index (κ2) is 12.6. The van der Waals surface area contributed by atoms with Crippen LogP contribution in [0.1, 0.15) is 11.1 Å². The van der Waals surface area contributed by atoms with E-state index in [0.29, 0.717) is 6.61 Å². The third-order valence-corrected chi connectivity index (χ3v) is 3.90. The highest BCUT2D eigenvalue weighted by Gasteiger charge is 2.38. The van der Waals surface area contributed by atoms with Gasteiger partial charge in [0.05, 0.1) is 0 Å². The van der Waals surface area contributed by atoms with E-state index in [1.807, 2.05) is 6.07 Å². The number of benzene rings is 1. The Hall–Kier alpha value is -3.55. The van der Waals surface area contributed by atoms with E-state index in [2.05, 4.69) is 58.6 Å². The molecule has 0 radical (unpaired) electrons. The van der Waals surface area contributed by atoms with Gasteiger partial charge in [0.2, 0.25) is 5.88 Å². The van der Waals surface area contributed by atoms with Crippen LogP contribution in [0.5, 0.6) is 5.88 Å². The van der Waals surface area contributed by atoms with Gasteiger partial charge in [0.25, 0.3) is 0 Å². The van der Waals surface area contributed by atoms with E-state index in [4.69, 9.17) is 24.5 Å². The molecule has 0 fully saturated rings. The number of carbonyl (C=O) groups is 2. The first-order chi connectivity index (χ1) is 15.7. The van der Waals surface area contributed by atoms with Crippen LogP contribution in [0.2, 0.25) is 0 Å². The van der Waals surface area contributed by atoms with Crippen molar-refractivity contribution in [3.63, 3.8) is 0 Å². The molecule has 0 spiro atoms. The number of hydrogen-bond donors (Lipinski definition) is 3. The van der Waals surface area contributed by atoms with Crippen molar-refractivity contribution >= 4 is 17.8 Å². The van der Waals surface area contributed by atoms with Crippen molar-refractivity contribution in [2.45, 2.75) is 25.4 Å². The minimum absolute atomic E-state index is 0.672. The molecule has 1 aromatic carbocycles. The molecule has 0 saturated carbocycles. The van der Waals surface area contributed by atoms with E-state index in [1.165, 1.54) is 5.56 Å². The number of rotatable bonds is 3. The summed E-state index contributed by atoms with van der Waals surface area (Å²) in [7, 11) is 2.05. The maximum absolute atomic E-state index is 10.6. The molecule has 0 unspecified atom stereocenters. The Morgan fingerprint density at radius 3 is 2.03 bits per heavy atom. The van der Waals surface area contributed by atoms with Gasteiger partial charge in [0, 0.05) is 32.2 Å². The number of nitrogens with one attached hydrogen (secondary N) is 1. The fraction of sp³-hybridized carbons (Fsp3) is 0.350. The van der Waals surface area contributed by atoms with E-state index in [9.17, 15) is 26.3 Å². The van der Waals surface area contributed by atoms with Crippen molar-refractivity contribution in [1.82, 2.24) is 10.3 Å². The molecule has 0 bridgehead atoms. The van der Waals surface area contributed by atoms with E-state index in [1.54, 1.807) is 0 Å². The zero-order valence-corrected chi connectivity index (χ0v) is 17.7. The third kappa shape index (κ3) is 10.4. The molecule has 0 atom stereocenters. The molecule has 0 saturated heterocycles. The Morgan fingerprint density at radius 2 is 1.53 bits per heavy atom. The maximum Gasteiger partial charge on any atom is 0.490 e. The second-order valence-electron chi connectivity index (χ2n) is 6.61. The van der Waals surface area contributed by atoms with Gasteiger partial charge in [-0.15, -0.1) is 0 Å². The van der Waals surface area contributed by atoms with Gasteiger partial charge >= 0.3 is 24.3 Å². The van der Waals surface area contributed by atoms with E-state index in [-0.39, 0.29) is 0 Å². The molecule has 2 heterocycles. The normalized spacial score (nSPS) is 12.9. The summed E-state index contributed by atoms with van der Waals surface area (Å²) in [6.07, 6.45) is -10.2. The molecule has 14 heteroatoms. The lowest BCUT2D eigenvalue weighted by atomic mass is 10.2. The largest absolute Gasteiger partial charge is 0.490 e. The van der Waals surface area contributed by atoms with Crippen LogP contribution in [-0.2, 0) is 22.7 Å². The molecule has 2 aromatic rings. The highest BCUT2D eigenvalue weighted by atomic mass is 19.4. The quantitative estimate of drug-likeness (QED) is 0.553. The predicted octanol–water partition coefficient (Wildman–Crippen LogP) is 3.47. The summed E-state index contributed by atoms with van der Waals surface area (Å²) in [6.45, 7) is 3.20. The first kappa shape index (κ1) is 28.5. The van der Waals surface area contributed by atoms with Gasteiger partial charge in [-0.25, -0.2) is 9.59 Å². The molecule has 1 aliphatic rings. The average Bonchev–Trinajstić information content (AvgIpc) is 2.99. The fourth-order valence-corrected chi connectivity index (χ4v) is 2.31. The summed E-state index contributed by atoms with van der Waals surface area (Å²) in [5.74, 6) is -3.82. The molecule has 1 aromatic heterocycles.